The van der Waals surface area contributed by atoms with Crippen LogP contribution >= 0.6 is 0 Å². The molecular formula is C8H13NO3. The van der Waals surface area contributed by atoms with Gasteiger partial charge in [-0.15, -0.1) is 0 Å². The van der Waals surface area contributed by atoms with Crippen LogP contribution in [0.2, 0.25) is 0 Å². The van der Waals surface area contributed by atoms with Gasteiger partial charge in [-0.1, -0.05) is 0 Å². The number of hydrogen-bond acceptors (Lipinski definition) is 4. The highest BCUT2D eigenvalue weighted by molar-refractivity contribution is 5.85. The van der Waals surface area contributed by atoms with Gasteiger partial charge >= 0.3 is 5.97 Å². The first kappa shape index (κ1) is 9.19. The van der Waals surface area contributed by atoms with Crippen LogP contribution in [-0.4, -0.2) is 30.9 Å². The lowest BCUT2D eigenvalue weighted by Gasteiger charge is -2.20. The van der Waals surface area contributed by atoms with Gasteiger partial charge in [-0.3, -0.25) is 14.9 Å². The maximum Gasteiger partial charge on any atom is 0.323 e. The number of ether oxygens (including phenoxy) is 1. The minimum Gasteiger partial charge on any atom is -0.465 e. The average molecular weight is 171 g/mol. The van der Waals surface area contributed by atoms with Gasteiger partial charge in [0.05, 0.1) is 13.2 Å². The van der Waals surface area contributed by atoms with Gasteiger partial charge in [-0.05, 0) is 13.3 Å². The van der Waals surface area contributed by atoms with Crippen molar-refractivity contribution in [3.05, 3.63) is 0 Å². The highest BCUT2D eigenvalue weighted by atomic mass is 16.5. The van der Waals surface area contributed by atoms with Gasteiger partial charge in [0.2, 0.25) is 0 Å². The molecule has 0 unspecified atom stereocenters. The number of carbonyl (C=O) groups is 2. The van der Waals surface area contributed by atoms with Crippen LogP contribution in [0.3, 0.4) is 0 Å². The number of rotatable bonds is 2. The van der Waals surface area contributed by atoms with Gasteiger partial charge in [-0.25, -0.2) is 0 Å². The predicted octanol–water partition coefficient (Wildman–Crippen LogP) is -0.129. The Balaban J connectivity index is 2.33. The smallest absolute Gasteiger partial charge is 0.323 e. The summed E-state index contributed by atoms with van der Waals surface area (Å²) in [6.07, 6.45) is 1.05. The molecule has 0 spiro atoms. The minimum absolute atomic E-state index is 0.163. The first-order chi connectivity index (χ1) is 5.74. The zero-order chi connectivity index (χ0) is 8.97. The summed E-state index contributed by atoms with van der Waals surface area (Å²) in [5.74, 6) is -0.0828. The molecule has 1 heterocycles. The third kappa shape index (κ3) is 2.30. The van der Waals surface area contributed by atoms with E-state index < -0.39 is 0 Å². The zero-order valence-corrected chi connectivity index (χ0v) is 7.13. The molecule has 4 nitrogen and oxygen atoms in total. The summed E-state index contributed by atoms with van der Waals surface area (Å²) in [7, 11) is 0. The van der Waals surface area contributed by atoms with Crippen molar-refractivity contribution in [2.24, 2.45) is 0 Å². The molecule has 1 aliphatic rings. The molecule has 0 aromatic carbocycles. The van der Waals surface area contributed by atoms with Crippen molar-refractivity contribution in [2.75, 3.05) is 13.2 Å². The van der Waals surface area contributed by atoms with Gasteiger partial charge in [0.15, 0.2) is 0 Å². The van der Waals surface area contributed by atoms with Gasteiger partial charge in [0.25, 0.3) is 0 Å². The Bertz CT molecular complexity index is 181. The fraction of sp³-hybridized carbons (Fsp3) is 0.750. The topological polar surface area (TPSA) is 55.4 Å². The van der Waals surface area contributed by atoms with E-state index in [4.69, 9.17) is 4.74 Å². The van der Waals surface area contributed by atoms with E-state index in [1.54, 1.807) is 6.92 Å². The SMILES string of the molecule is CCOC(=O)[C@@H]1CCC(=O)CN1. The third-order valence-electron chi connectivity index (χ3n) is 1.83. The fourth-order valence-electron chi connectivity index (χ4n) is 1.18. The van der Waals surface area contributed by atoms with E-state index in [1.807, 2.05) is 0 Å². The predicted molar refractivity (Wildman–Crippen MR) is 42.7 cm³/mol. The molecular weight excluding hydrogens is 158 g/mol. The lowest BCUT2D eigenvalue weighted by molar-refractivity contribution is -0.146. The normalized spacial score (nSPS) is 23.8. The molecule has 1 rings (SSSR count). The molecule has 0 aliphatic carbocycles. The number of nitrogens with one attached hydrogen (secondary N) is 1. The second-order valence-corrected chi connectivity index (χ2v) is 2.76. The number of Topliss-reactive ketones (excluding diaryl/α,β-unsaturated/α-hetero) is 1. The van der Waals surface area contributed by atoms with Crippen molar-refractivity contribution in [3.63, 3.8) is 0 Å². The molecule has 4 heteroatoms. The summed E-state index contributed by atoms with van der Waals surface area (Å²) in [4.78, 5) is 21.9. The molecule has 1 saturated heterocycles. The Morgan fingerprint density at radius 3 is 3.00 bits per heavy atom. The van der Waals surface area contributed by atoms with Crippen LogP contribution in [0, 0.1) is 0 Å². The molecule has 68 valence electrons. The van der Waals surface area contributed by atoms with E-state index in [1.165, 1.54) is 0 Å². The van der Waals surface area contributed by atoms with E-state index in [2.05, 4.69) is 5.32 Å². The summed E-state index contributed by atoms with van der Waals surface area (Å²) in [5, 5.41) is 2.83. The molecule has 0 radical (unpaired) electrons. The Labute approximate surface area is 71.3 Å². The summed E-state index contributed by atoms with van der Waals surface area (Å²) in [6.45, 7) is 2.46. The van der Waals surface area contributed by atoms with Crippen molar-refractivity contribution in [3.8, 4) is 0 Å². The molecule has 0 amide bonds. The Morgan fingerprint density at radius 2 is 2.50 bits per heavy atom. The Kier molecular flexibility index (Phi) is 3.22. The van der Waals surface area contributed by atoms with Crippen LogP contribution in [0.15, 0.2) is 0 Å². The van der Waals surface area contributed by atoms with Crippen LogP contribution in [0.25, 0.3) is 0 Å². The number of esters is 1. The molecule has 0 bridgehead atoms. The van der Waals surface area contributed by atoms with Crippen molar-refractivity contribution in [1.82, 2.24) is 5.32 Å². The second kappa shape index (κ2) is 4.21. The van der Waals surface area contributed by atoms with Crippen molar-refractivity contribution >= 4 is 11.8 Å². The van der Waals surface area contributed by atoms with Crippen molar-refractivity contribution < 1.29 is 14.3 Å². The fourth-order valence-corrected chi connectivity index (χ4v) is 1.18. The van der Waals surface area contributed by atoms with Crippen LogP contribution in [0.1, 0.15) is 19.8 Å². The Morgan fingerprint density at radius 1 is 1.75 bits per heavy atom. The third-order valence-corrected chi connectivity index (χ3v) is 1.83. The van der Waals surface area contributed by atoms with Gasteiger partial charge < -0.3 is 4.74 Å². The number of piperidine rings is 1. The number of hydrogen-bond donors (Lipinski definition) is 1. The zero-order valence-electron chi connectivity index (χ0n) is 7.13. The van der Waals surface area contributed by atoms with Crippen molar-refractivity contribution in [1.29, 1.82) is 0 Å². The van der Waals surface area contributed by atoms with Crippen LogP contribution in [0.5, 0.6) is 0 Å². The first-order valence-corrected chi connectivity index (χ1v) is 4.15. The Hall–Kier alpha value is -0.900. The molecule has 1 atom stereocenters. The van der Waals surface area contributed by atoms with Gasteiger partial charge in [0, 0.05) is 6.42 Å². The largest absolute Gasteiger partial charge is 0.465 e. The van der Waals surface area contributed by atoms with Crippen LogP contribution in [-0.2, 0) is 14.3 Å². The van der Waals surface area contributed by atoms with Gasteiger partial charge in [0.1, 0.15) is 11.8 Å². The number of ketones is 1. The van der Waals surface area contributed by atoms with Crippen LogP contribution < -0.4 is 5.32 Å². The van der Waals surface area contributed by atoms with E-state index in [9.17, 15) is 9.59 Å². The van der Waals surface area contributed by atoms with E-state index in [0.717, 1.165) is 0 Å². The van der Waals surface area contributed by atoms with E-state index >= 15 is 0 Å². The molecule has 12 heavy (non-hydrogen) atoms. The summed E-state index contributed by atoms with van der Waals surface area (Å²) < 4.78 is 4.80. The lowest BCUT2D eigenvalue weighted by Crippen LogP contribution is -2.45. The molecule has 1 aliphatic heterocycles. The standard InChI is InChI=1S/C8H13NO3/c1-2-12-8(11)7-4-3-6(10)5-9-7/h7,9H,2-5H2,1H3/t7-/m0/s1. The first-order valence-electron chi connectivity index (χ1n) is 4.15. The van der Waals surface area contributed by atoms with E-state index in [-0.39, 0.29) is 17.8 Å². The van der Waals surface area contributed by atoms with Gasteiger partial charge in [-0.2, -0.15) is 0 Å². The van der Waals surface area contributed by atoms with Crippen molar-refractivity contribution in [2.45, 2.75) is 25.8 Å². The summed E-state index contributed by atoms with van der Waals surface area (Å²) >= 11 is 0. The summed E-state index contributed by atoms with van der Waals surface area (Å²) in [6, 6.07) is -0.275. The molecule has 0 aromatic heterocycles. The lowest BCUT2D eigenvalue weighted by atomic mass is 10.0. The quantitative estimate of drug-likeness (QED) is 0.588. The van der Waals surface area contributed by atoms with E-state index in [0.29, 0.717) is 26.0 Å². The maximum atomic E-state index is 11.1. The maximum absolute atomic E-state index is 11.1. The minimum atomic E-state index is -0.275. The number of carbonyl (C=O) groups excluding carboxylic acids is 2. The second-order valence-electron chi connectivity index (χ2n) is 2.76. The monoisotopic (exact) mass is 171 g/mol. The van der Waals surface area contributed by atoms with Crippen LogP contribution in [0.4, 0.5) is 0 Å². The summed E-state index contributed by atoms with van der Waals surface area (Å²) in [5.41, 5.74) is 0. The highest BCUT2D eigenvalue weighted by Crippen LogP contribution is 2.05. The average Bonchev–Trinajstić information content (AvgIpc) is 2.06. The molecule has 1 N–H and O–H groups in total. The molecule has 0 saturated carbocycles. The molecule has 0 aromatic rings. The molecule has 1 fully saturated rings. The highest BCUT2D eigenvalue weighted by Gasteiger charge is 2.24.